The molecule has 0 bridgehead atoms. The standard InChI is InChI=1S/C20H19FO5/c1-20(26-19(23)15-10-6-3-7-11-15)13-25-16(17(20)21)12-24-18(22)14-8-4-2-5-9-14/h2-11,16-17H,12-13H2,1H3/t16-,17-,20+/m1/s1. The third kappa shape index (κ3) is 3.91. The Morgan fingerprint density at radius 1 is 1.04 bits per heavy atom. The molecule has 0 radical (unpaired) electrons. The van der Waals surface area contributed by atoms with E-state index in [-0.39, 0.29) is 13.2 Å². The number of alkyl halides is 1. The summed E-state index contributed by atoms with van der Waals surface area (Å²) in [7, 11) is 0. The van der Waals surface area contributed by atoms with E-state index >= 15 is 0 Å². The van der Waals surface area contributed by atoms with Crippen LogP contribution in [-0.4, -0.2) is 43.0 Å². The third-order valence-corrected chi connectivity index (χ3v) is 4.22. The van der Waals surface area contributed by atoms with Gasteiger partial charge in [0.15, 0.2) is 11.8 Å². The van der Waals surface area contributed by atoms with E-state index in [2.05, 4.69) is 0 Å². The lowest BCUT2D eigenvalue weighted by atomic mass is 10.00. The highest BCUT2D eigenvalue weighted by atomic mass is 19.1. The average Bonchev–Trinajstić information content (AvgIpc) is 2.95. The van der Waals surface area contributed by atoms with Crippen molar-refractivity contribution in [3.63, 3.8) is 0 Å². The van der Waals surface area contributed by atoms with Gasteiger partial charge in [0.25, 0.3) is 0 Å². The Bertz CT molecular complexity index is 764. The van der Waals surface area contributed by atoms with Crippen molar-refractivity contribution in [2.45, 2.75) is 24.8 Å². The Labute approximate surface area is 150 Å². The van der Waals surface area contributed by atoms with Gasteiger partial charge in [-0.3, -0.25) is 0 Å². The number of carbonyl (C=O) groups is 2. The maximum atomic E-state index is 14.8. The fourth-order valence-corrected chi connectivity index (χ4v) is 2.71. The Balaban J connectivity index is 1.57. The molecule has 0 spiro atoms. The molecule has 0 aliphatic carbocycles. The molecule has 1 aliphatic rings. The molecule has 0 aromatic heterocycles. The zero-order valence-corrected chi connectivity index (χ0v) is 14.3. The van der Waals surface area contributed by atoms with Crippen LogP contribution in [0.5, 0.6) is 0 Å². The van der Waals surface area contributed by atoms with E-state index in [9.17, 15) is 14.0 Å². The summed E-state index contributed by atoms with van der Waals surface area (Å²) >= 11 is 0. The molecule has 3 atom stereocenters. The number of hydrogen-bond acceptors (Lipinski definition) is 5. The van der Waals surface area contributed by atoms with Gasteiger partial charge in [-0.05, 0) is 31.2 Å². The van der Waals surface area contributed by atoms with Gasteiger partial charge in [-0.25, -0.2) is 14.0 Å². The first-order chi connectivity index (χ1) is 12.5. The molecule has 1 saturated heterocycles. The van der Waals surface area contributed by atoms with E-state index in [1.54, 1.807) is 60.7 Å². The van der Waals surface area contributed by atoms with Crippen LogP contribution in [0.4, 0.5) is 4.39 Å². The lowest BCUT2D eigenvalue weighted by molar-refractivity contribution is -0.0366. The normalized spacial score (nSPS) is 24.8. The van der Waals surface area contributed by atoms with Gasteiger partial charge in [0.1, 0.15) is 12.7 Å². The molecule has 6 heteroatoms. The number of ether oxygens (including phenoxy) is 3. The summed E-state index contributed by atoms with van der Waals surface area (Å²) in [6, 6.07) is 16.8. The van der Waals surface area contributed by atoms with Gasteiger partial charge in [0.05, 0.1) is 17.7 Å². The van der Waals surface area contributed by atoms with Crippen molar-refractivity contribution in [2.24, 2.45) is 0 Å². The molecule has 0 N–H and O–H groups in total. The second-order valence-electron chi connectivity index (χ2n) is 6.28. The third-order valence-electron chi connectivity index (χ3n) is 4.22. The highest BCUT2D eigenvalue weighted by Gasteiger charge is 2.51. The molecule has 3 rings (SSSR count). The van der Waals surface area contributed by atoms with Crippen molar-refractivity contribution in [1.82, 2.24) is 0 Å². The minimum absolute atomic E-state index is 0.111. The summed E-state index contributed by atoms with van der Waals surface area (Å²) in [5.74, 6) is -1.18. The van der Waals surface area contributed by atoms with Gasteiger partial charge in [0.2, 0.25) is 0 Å². The number of rotatable bonds is 5. The van der Waals surface area contributed by atoms with Crippen LogP contribution >= 0.6 is 0 Å². The first kappa shape index (κ1) is 18.1. The fourth-order valence-electron chi connectivity index (χ4n) is 2.71. The van der Waals surface area contributed by atoms with E-state index in [0.29, 0.717) is 11.1 Å². The SMILES string of the molecule is C[C@]1(OC(=O)c2ccccc2)CO[C@H](COC(=O)c2ccccc2)[C@H]1F. The smallest absolute Gasteiger partial charge is 0.338 e. The van der Waals surface area contributed by atoms with Crippen molar-refractivity contribution < 1.29 is 28.2 Å². The van der Waals surface area contributed by atoms with Crippen LogP contribution in [0.3, 0.4) is 0 Å². The molecule has 0 saturated carbocycles. The summed E-state index contributed by atoms with van der Waals surface area (Å²) in [6.07, 6.45) is -2.60. The molecule has 5 nitrogen and oxygen atoms in total. The predicted molar refractivity (Wildman–Crippen MR) is 91.6 cm³/mol. The van der Waals surface area contributed by atoms with Crippen LogP contribution in [0.1, 0.15) is 27.6 Å². The summed E-state index contributed by atoms with van der Waals surface area (Å²) in [6.45, 7) is 1.10. The monoisotopic (exact) mass is 358 g/mol. The molecule has 0 amide bonds. The van der Waals surface area contributed by atoms with Crippen LogP contribution in [0.15, 0.2) is 60.7 Å². The Kier molecular flexibility index (Phi) is 5.32. The van der Waals surface area contributed by atoms with Crippen LogP contribution < -0.4 is 0 Å². The second kappa shape index (κ2) is 7.66. The van der Waals surface area contributed by atoms with Crippen molar-refractivity contribution in [3.05, 3.63) is 71.8 Å². The molecular formula is C20H19FO5. The predicted octanol–water partition coefficient (Wildman–Crippen LogP) is 3.20. The van der Waals surface area contributed by atoms with Gasteiger partial charge in [-0.15, -0.1) is 0 Å². The molecule has 1 heterocycles. The Morgan fingerprint density at radius 2 is 1.58 bits per heavy atom. The zero-order valence-electron chi connectivity index (χ0n) is 14.3. The summed E-state index contributed by atoms with van der Waals surface area (Å²) in [5, 5.41) is 0. The van der Waals surface area contributed by atoms with Gasteiger partial charge >= 0.3 is 11.9 Å². The Hall–Kier alpha value is -2.73. The molecular weight excluding hydrogens is 339 g/mol. The molecule has 2 aromatic carbocycles. The van der Waals surface area contributed by atoms with Crippen molar-refractivity contribution >= 4 is 11.9 Å². The van der Waals surface area contributed by atoms with E-state index in [1.807, 2.05) is 0 Å². The summed E-state index contributed by atoms with van der Waals surface area (Å²) in [5.41, 5.74) is -0.726. The molecule has 0 unspecified atom stereocenters. The summed E-state index contributed by atoms with van der Waals surface area (Å²) in [4.78, 5) is 24.1. The molecule has 1 fully saturated rings. The van der Waals surface area contributed by atoms with E-state index in [1.165, 1.54) is 6.92 Å². The molecule has 26 heavy (non-hydrogen) atoms. The fraction of sp³-hybridized carbons (Fsp3) is 0.300. The molecule has 2 aromatic rings. The largest absolute Gasteiger partial charge is 0.459 e. The minimum Gasteiger partial charge on any atom is -0.459 e. The number of benzene rings is 2. The first-order valence-electron chi connectivity index (χ1n) is 8.26. The van der Waals surface area contributed by atoms with Crippen LogP contribution in [-0.2, 0) is 14.2 Å². The van der Waals surface area contributed by atoms with E-state index < -0.39 is 29.8 Å². The van der Waals surface area contributed by atoms with Crippen molar-refractivity contribution in [1.29, 1.82) is 0 Å². The highest BCUT2D eigenvalue weighted by molar-refractivity contribution is 5.90. The Morgan fingerprint density at radius 3 is 2.15 bits per heavy atom. The van der Waals surface area contributed by atoms with Crippen LogP contribution in [0, 0.1) is 0 Å². The minimum atomic E-state index is -1.61. The quantitative estimate of drug-likeness (QED) is 0.768. The molecule has 1 aliphatic heterocycles. The first-order valence-corrected chi connectivity index (χ1v) is 8.26. The topological polar surface area (TPSA) is 61.8 Å². The lowest BCUT2D eigenvalue weighted by Crippen LogP contribution is -2.43. The maximum absolute atomic E-state index is 14.8. The van der Waals surface area contributed by atoms with Gasteiger partial charge in [-0.2, -0.15) is 0 Å². The average molecular weight is 358 g/mol. The summed E-state index contributed by atoms with van der Waals surface area (Å²) < 4.78 is 30.6. The van der Waals surface area contributed by atoms with Crippen LogP contribution in [0.2, 0.25) is 0 Å². The molecule has 136 valence electrons. The van der Waals surface area contributed by atoms with Crippen molar-refractivity contribution in [3.8, 4) is 0 Å². The van der Waals surface area contributed by atoms with Gasteiger partial charge in [-0.1, -0.05) is 36.4 Å². The maximum Gasteiger partial charge on any atom is 0.338 e. The zero-order chi connectivity index (χ0) is 18.6. The van der Waals surface area contributed by atoms with Gasteiger partial charge < -0.3 is 14.2 Å². The van der Waals surface area contributed by atoms with E-state index in [0.717, 1.165) is 0 Å². The van der Waals surface area contributed by atoms with Crippen LogP contribution in [0.25, 0.3) is 0 Å². The second-order valence-corrected chi connectivity index (χ2v) is 6.28. The number of hydrogen-bond donors (Lipinski definition) is 0. The van der Waals surface area contributed by atoms with Crippen molar-refractivity contribution in [2.75, 3.05) is 13.2 Å². The number of esters is 2. The van der Waals surface area contributed by atoms with E-state index in [4.69, 9.17) is 14.2 Å². The number of carbonyl (C=O) groups excluding carboxylic acids is 2. The lowest BCUT2D eigenvalue weighted by Gasteiger charge is -2.26. The highest BCUT2D eigenvalue weighted by Crippen LogP contribution is 2.32. The van der Waals surface area contributed by atoms with Gasteiger partial charge in [0, 0.05) is 0 Å². The number of halogens is 1.